The van der Waals surface area contributed by atoms with Crippen molar-refractivity contribution in [3.63, 3.8) is 0 Å². The molecule has 6 nitrogen and oxygen atoms in total. The van der Waals surface area contributed by atoms with Gasteiger partial charge in [-0.05, 0) is 267 Å². The third kappa shape index (κ3) is 11.5. The first-order valence-electron chi connectivity index (χ1n) is 42.0. The van der Waals surface area contributed by atoms with Crippen molar-refractivity contribution in [2.75, 3.05) is 14.7 Å². The number of benzene rings is 18. The van der Waals surface area contributed by atoms with Crippen molar-refractivity contribution in [1.29, 1.82) is 0 Å². The Labute approximate surface area is 709 Å². The van der Waals surface area contributed by atoms with E-state index in [-0.39, 0.29) is 0 Å². The summed E-state index contributed by atoms with van der Waals surface area (Å²) in [6.07, 6.45) is 6.53. The van der Waals surface area contributed by atoms with Crippen LogP contribution in [0.25, 0.3) is 133 Å². The highest BCUT2D eigenvalue weighted by atomic mass is 15.2. The zero-order valence-electron chi connectivity index (χ0n) is 67.2. The van der Waals surface area contributed by atoms with Crippen LogP contribution >= 0.6 is 0 Å². The van der Waals surface area contributed by atoms with Gasteiger partial charge in [0, 0.05) is 101 Å². The van der Waals surface area contributed by atoms with Crippen molar-refractivity contribution in [3.05, 3.63) is 489 Å². The molecule has 2 aliphatic carbocycles. The van der Waals surface area contributed by atoms with Gasteiger partial charge in [0.1, 0.15) is 0 Å². The van der Waals surface area contributed by atoms with Crippen LogP contribution in [-0.2, 0) is 5.41 Å². The summed E-state index contributed by atoms with van der Waals surface area (Å²) in [4.78, 5) is 7.22. The lowest BCUT2D eigenvalue weighted by atomic mass is 9.70. The number of fused-ring (bicyclic) bond motifs is 16. The second-order valence-electron chi connectivity index (χ2n) is 31.9. The third-order valence-corrected chi connectivity index (χ3v) is 25.3. The predicted molar refractivity (Wildman–Crippen MR) is 514 cm³/mol. The molecule has 1 atom stereocenters. The van der Waals surface area contributed by atoms with Gasteiger partial charge in [0.2, 0.25) is 0 Å². The zero-order valence-corrected chi connectivity index (χ0v) is 67.2. The molecule has 574 valence electrons. The van der Waals surface area contributed by atoms with Crippen LogP contribution < -0.4 is 14.7 Å². The van der Waals surface area contributed by atoms with Crippen molar-refractivity contribution >= 4 is 122 Å². The van der Waals surface area contributed by atoms with E-state index in [1.807, 2.05) is 6.08 Å². The molecule has 2 aliphatic rings. The first-order chi connectivity index (χ1) is 60.4. The van der Waals surface area contributed by atoms with Crippen molar-refractivity contribution in [2.24, 2.45) is 0 Å². The molecule has 3 heterocycles. The number of rotatable bonds is 16. The number of hydrogen-bond donors (Lipinski definition) is 0. The normalized spacial score (nSPS) is 14.0. The molecule has 1 spiro atoms. The fourth-order valence-corrected chi connectivity index (χ4v) is 20.0. The maximum atomic E-state index is 4.33. The number of nitrogens with zero attached hydrogens (tertiary/aromatic N) is 6. The van der Waals surface area contributed by atoms with Crippen LogP contribution in [0.15, 0.2) is 467 Å². The van der Waals surface area contributed by atoms with E-state index >= 15 is 0 Å². The first kappa shape index (κ1) is 71.3. The van der Waals surface area contributed by atoms with Gasteiger partial charge in [0.15, 0.2) is 0 Å². The fraction of sp³-hybridized carbons (Fsp3) is 0.0172. The molecule has 3 aromatic heterocycles. The summed E-state index contributed by atoms with van der Waals surface area (Å²) in [5, 5.41) is 7.18. The van der Waals surface area contributed by atoms with Crippen LogP contribution in [0, 0.1) is 0 Å². The van der Waals surface area contributed by atoms with Crippen molar-refractivity contribution in [2.45, 2.75) is 12.3 Å². The fourth-order valence-electron chi connectivity index (χ4n) is 20.0. The van der Waals surface area contributed by atoms with E-state index in [9.17, 15) is 0 Å². The Bertz CT molecular complexity index is 7730. The molecular formula is C116H80N6. The highest BCUT2D eigenvalue weighted by Crippen LogP contribution is 2.65. The van der Waals surface area contributed by atoms with Crippen LogP contribution in [0.5, 0.6) is 0 Å². The Morgan fingerprint density at radius 3 is 1.11 bits per heavy atom. The van der Waals surface area contributed by atoms with Gasteiger partial charge in [0.05, 0.1) is 38.5 Å². The monoisotopic (exact) mass is 1560 g/mol. The summed E-state index contributed by atoms with van der Waals surface area (Å²) in [5.41, 5.74) is 36.0. The predicted octanol–water partition coefficient (Wildman–Crippen LogP) is 31.2. The average molecular weight is 1560 g/mol. The molecule has 122 heavy (non-hydrogen) atoms. The quantitative estimate of drug-likeness (QED) is 0.0964. The Kier molecular flexibility index (Phi) is 17.1. The second-order valence-corrected chi connectivity index (χ2v) is 31.9. The van der Waals surface area contributed by atoms with E-state index in [4.69, 9.17) is 0 Å². The highest BCUT2D eigenvalue weighted by molar-refractivity contribution is 6.14. The van der Waals surface area contributed by atoms with E-state index in [2.05, 4.69) is 491 Å². The molecule has 0 fully saturated rings. The lowest BCUT2D eigenvalue weighted by Gasteiger charge is -2.32. The molecule has 18 aromatic carbocycles. The molecule has 21 aromatic rings. The van der Waals surface area contributed by atoms with Crippen LogP contribution in [-0.4, -0.2) is 13.7 Å². The van der Waals surface area contributed by atoms with Gasteiger partial charge in [-0.1, -0.05) is 280 Å². The molecule has 0 saturated heterocycles. The van der Waals surface area contributed by atoms with E-state index < -0.39 is 5.41 Å². The van der Waals surface area contributed by atoms with Crippen molar-refractivity contribution < 1.29 is 0 Å². The highest BCUT2D eigenvalue weighted by Gasteiger charge is 2.53. The van der Waals surface area contributed by atoms with E-state index in [1.165, 1.54) is 93.6 Å². The molecule has 0 radical (unpaired) electrons. The Morgan fingerprint density at radius 1 is 0.230 bits per heavy atom. The number of aromatic nitrogens is 3. The second kappa shape index (κ2) is 29.3. The van der Waals surface area contributed by atoms with Crippen LogP contribution in [0.4, 0.5) is 51.2 Å². The molecule has 0 aliphatic heterocycles. The van der Waals surface area contributed by atoms with E-state index in [0.717, 1.165) is 118 Å². The maximum Gasteiger partial charge on any atom is 0.0723 e. The molecule has 23 rings (SSSR count). The summed E-state index contributed by atoms with van der Waals surface area (Å²) in [6, 6.07) is 161. The van der Waals surface area contributed by atoms with E-state index in [0.29, 0.717) is 0 Å². The summed E-state index contributed by atoms with van der Waals surface area (Å²) in [5.74, 6) is 0. The SMILES string of the molecule is C=C/C=C1\C(=C/C)C2(c3ccccc31)c1ccc(-c3ccc4c5cc(N(c6ccccc6)c6ccc(-c7ccc(N(c8ccccc8)c8ccc9c(c8)c8ccccc8n9-c8ccccc8)cc7)cc6)ccc5n(-c5ccccc5)c4c3)cc1-c1ccc(N(c3ccc(-c4ccccc4)cc3)c3ccc4c5ccccc5n(-c5ccccc5)c4c3)cc12. The average Bonchev–Trinajstić information content (AvgIpc) is 1.51. The minimum Gasteiger partial charge on any atom is -0.310 e. The van der Waals surface area contributed by atoms with Gasteiger partial charge in [-0.25, -0.2) is 0 Å². The summed E-state index contributed by atoms with van der Waals surface area (Å²) < 4.78 is 7.25. The van der Waals surface area contributed by atoms with Gasteiger partial charge >= 0.3 is 0 Å². The van der Waals surface area contributed by atoms with Crippen LogP contribution in [0.3, 0.4) is 0 Å². The number of allylic oxidation sites excluding steroid dienone is 5. The minimum absolute atomic E-state index is 0.672. The summed E-state index contributed by atoms with van der Waals surface area (Å²) in [6.45, 7) is 6.54. The van der Waals surface area contributed by atoms with Crippen LogP contribution in [0.2, 0.25) is 0 Å². The van der Waals surface area contributed by atoms with E-state index in [1.54, 1.807) is 0 Å². The lowest BCUT2D eigenvalue weighted by Crippen LogP contribution is -2.26. The molecule has 6 heteroatoms. The smallest absolute Gasteiger partial charge is 0.0723 e. The molecular weight excluding hydrogens is 1480 g/mol. The molecule has 0 amide bonds. The number of para-hydroxylation sites is 7. The topological polar surface area (TPSA) is 24.5 Å². The minimum atomic E-state index is -0.672. The summed E-state index contributed by atoms with van der Waals surface area (Å²) in [7, 11) is 0. The molecule has 0 N–H and O–H groups in total. The number of anilines is 9. The van der Waals surface area contributed by atoms with Gasteiger partial charge in [0.25, 0.3) is 0 Å². The maximum absolute atomic E-state index is 4.33. The van der Waals surface area contributed by atoms with Gasteiger partial charge in [-0.3, -0.25) is 0 Å². The Hall–Kier alpha value is -16.0. The molecule has 0 saturated carbocycles. The summed E-state index contributed by atoms with van der Waals surface area (Å²) >= 11 is 0. The molecule has 0 bridgehead atoms. The zero-order chi connectivity index (χ0) is 80.9. The van der Waals surface area contributed by atoms with Gasteiger partial charge < -0.3 is 28.4 Å². The van der Waals surface area contributed by atoms with Crippen molar-refractivity contribution in [1.82, 2.24) is 13.7 Å². The standard InChI is InChI=1S/C116H80N6/c1-3-29-96-97-42-23-26-45-107(97)116(106(96)4-2)108-69-55-82(72-103(108)98-67-62-94(76-109(98)116)119(91-60-48-79(49-61-91)78-30-11-5-12-31-78)95-63-68-101-99-43-24-27-46-110(99)121(115(101)77-95)87-38-19-9-20-39-87)83-54-66-102-105-75-93(65-71-113(105)122(114(102)73-83)88-40-21-10-22-41-88)118(85-34-15-7-16-35-85)90-58-52-81(53-59-90)80-50-56-89(57-51-80)117(84-32-13-6-14-33-84)92-64-70-112-104(74-92)100-44-25-28-47-111(100)120(112)86-36-17-8-18-37-86/h3-77H,1H2,2H3/b96-29-,106-4+. The van der Waals surface area contributed by atoms with Gasteiger partial charge in [-0.2, -0.15) is 0 Å². The molecule has 1 unspecified atom stereocenters. The third-order valence-electron chi connectivity index (χ3n) is 25.3. The lowest BCUT2D eigenvalue weighted by molar-refractivity contribution is 0.793. The Morgan fingerprint density at radius 2 is 0.574 bits per heavy atom. The number of hydrogen-bond acceptors (Lipinski definition) is 3. The van der Waals surface area contributed by atoms with Crippen LogP contribution in [0.1, 0.15) is 29.2 Å². The largest absolute Gasteiger partial charge is 0.310 e. The first-order valence-corrected chi connectivity index (χ1v) is 42.0. The Balaban J connectivity index is 0.625. The van der Waals surface area contributed by atoms with Crippen molar-refractivity contribution in [3.8, 4) is 61.6 Å². The van der Waals surface area contributed by atoms with Gasteiger partial charge in [-0.15, -0.1) is 0 Å².